The monoisotopic (exact) mass is 590 g/mol. The molecule has 1 aliphatic rings. The van der Waals surface area contributed by atoms with Gasteiger partial charge < -0.3 is 20.1 Å². The largest absolute Gasteiger partial charge is 0.493 e. The average molecular weight is 591 g/mol. The number of nitrogens with zero attached hydrogens (tertiary/aromatic N) is 2. The van der Waals surface area contributed by atoms with Crippen LogP contribution in [0.4, 0.5) is 11.4 Å². The molecular weight excluding hydrogens is 556 g/mol. The highest BCUT2D eigenvalue weighted by molar-refractivity contribution is 6.07. The van der Waals surface area contributed by atoms with E-state index < -0.39 is 0 Å². The number of ether oxygens (including phenoxy) is 2. The van der Waals surface area contributed by atoms with Crippen molar-refractivity contribution in [1.29, 1.82) is 0 Å². The number of benzene rings is 4. The number of anilines is 2. The van der Waals surface area contributed by atoms with Gasteiger partial charge in [0.25, 0.3) is 17.7 Å². The number of nitrogens with one attached hydrogen (secondary N) is 2. The fourth-order valence-corrected chi connectivity index (χ4v) is 4.89. The standard InChI is InChI=1S/C35H34N4O5/c1-4-44-32-22-25(15-18-31(32)43-3)30-12-7-19-39(38-30)35(42)27-10-6-11-29(21-27)37-33(40)24-13-16-28(17-14-24)36-34(41)26-9-5-8-23(2)20-26/h5-6,8-11,13-18,20-22H,4,7,12,19H2,1-3H3,(H,36,41)(H,37,40). The molecule has 4 aromatic rings. The van der Waals surface area contributed by atoms with Crippen LogP contribution < -0.4 is 20.1 Å². The number of aryl methyl sites for hydroxylation is 1. The molecule has 9 heteroatoms. The maximum atomic E-state index is 13.4. The summed E-state index contributed by atoms with van der Waals surface area (Å²) in [5.74, 6) is 0.444. The molecule has 0 saturated heterocycles. The SMILES string of the molecule is CCOc1cc(C2=NN(C(=O)c3cccc(NC(=O)c4ccc(NC(=O)c5cccc(C)c5)cc4)c3)CCC2)ccc1OC. The van der Waals surface area contributed by atoms with Gasteiger partial charge >= 0.3 is 0 Å². The highest BCUT2D eigenvalue weighted by Crippen LogP contribution is 2.30. The number of rotatable bonds is 9. The number of carbonyl (C=O) groups excluding carboxylic acids is 3. The molecule has 0 saturated carbocycles. The second-order valence-corrected chi connectivity index (χ2v) is 10.3. The summed E-state index contributed by atoms with van der Waals surface area (Å²) in [4.78, 5) is 38.9. The Labute approximate surface area is 256 Å². The third kappa shape index (κ3) is 7.12. The Morgan fingerprint density at radius 1 is 0.795 bits per heavy atom. The number of carbonyl (C=O) groups is 3. The smallest absolute Gasteiger partial charge is 0.274 e. The van der Waals surface area contributed by atoms with Gasteiger partial charge in [-0.3, -0.25) is 14.4 Å². The topological polar surface area (TPSA) is 109 Å². The zero-order chi connectivity index (χ0) is 31.1. The minimum absolute atomic E-state index is 0.225. The summed E-state index contributed by atoms with van der Waals surface area (Å²) in [6, 6.07) is 26.4. The van der Waals surface area contributed by atoms with Crippen molar-refractivity contribution in [2.75, 3.05) is 30.9 Å². The molecule has 2 N–H and O–H groups in total. The van der Waals surface area contributed by atoms with E-state index in [1.54, 1.807) is 61.7 Å². The number of hydrogen-bond donors (Lipinski definition) is 2. The first-order chi connectivity index (χ1) is 21.3. The third-order valence-corrected chi connectivity index (χ3v) is 7.11. The Morgan fingerprint density at radius 2 is 1.52 bits per heavy atom. The molecule has 1 aliphatic heterocycles. The summed E-state index contributed by atoms with van der Waals surface area (Å²) >= 11 is 0. The van der Waals surface area contributed by atoms with Gasteiger partial charge in [-0.25, -0.2) is 5.01 Å². The van der Waals surface area contributed by atoms with Crippen LogP contribution in [0.15, 0.2) is 96.1 Å². The highest BCUT2D eigenvalue weighted by atomic mass is 16.5. The average Bonchev–Trinajstić information content (AvgIpc) is 3.05. The molecule has 0 fully saturated rings. The van der Waals surface area contributed by atoms with Crippen LogP contribution in [0.3, 0.4) is 0 Å². The Bertz CT molecular complexity index is 1710. The lowest BCUT2D eigenvalue weighted by Crippen LogP contribution is -2.32. The maximum absolute atomic E-state index is 13.4. The van der Waals surface area contributed by atoms with Gasteiger partial charge in [-0.1, -0.05) is 23.8 Å². The molecule has 9 nitrogen and oxygen atoms in total. The number of hydrazone groups is 1. The van der Waals surface area contributed by atoms with Gasteiger partial charge in [0.1, 0.15) is 0 Å². The molecule has 0 atom stereocenters. The lowest BCUT2D eigenvalue weighted by Gasteiger charge is -2.24. The van der Waals surface area contributed by atoms with Crippen LogP contribution in [-0.4, -0.2) is 48.7 Å². The first-order valence-corrected chi connectivity index (χ1v) is 14.4. The minimum Gasteiger partial charge on any atom is -0.493 e. The van der Waals surface area contributed by atoms with Crippen LogP contribution in [0, 0.1) is 6.92 Å². The van der Waals surface area contributed by atoms with E-state index in [4.69, 9.17) is 9.47 Å². The molecule has 44 heavy (non-hydrogen) atoms. The molecule has 3 amide bonds. The quantitative estimate of drug-likeness (QED) is 0.230. The highest BCUT2D eigenvalue weighted by Gasteiger charge is 2.22. The predicted molar refractivity (Wildman–Crippen MR) is 171 cm³/mol. The number of hydrogen-bond acceptors (Lipinski definition) is 6. The first-order valence-electron chi connectivity index (χ1n) is 14.4. The normalized spacial score (nSPS) is 12.6. The molecule has 0 aromatic heterocycles. The van der Waals surface area contributed by atoms with Crippen LogP contribution in [0.2, 0.25) is 0 Å². The predicted octanol–water partition coefficient (Wildman–Crippen LogP) is 6.55. The van der Waals surface area contributed by atoms with Crippen molar-refractivity contribution >= 4 is 34.8 Å². The molecule has 0 spiro atoms. The van der Waals surface area contributed by atoms with Crippen molar-refractivity contribution < 1.29 is 23.9 Å². The third-order valence-electron chi connectivity index (χ3n) is 7.11. The van der Waals surface area contributed by atoms with Gasteiger partial charge in [-0.15, -0.1) is 0 Å². The molecule has 0 unspecified atom stereocenters. The van der Waals surface area contributed by atoms with Gasteiger partial charge in [0, 0.05) is 40.2 Å². The summed E-state index contributed by atoms with van der Waals surface area (Å²) in [7, 11) is 1.59. The molecule has 5 rings (SSSR count). The Morgan fingerprint density at radius 3 is 2.27 bits per heavy atom. The van der Waals surface area contributed by atoms with Crippen molar-refractivity contribution in [1.82, 2.24) is 5.01 Å². The van der Waals surface area contributed by atoms with Gasteiger partial charge in [-0.05, 0) is 99.5 Å². The molecule has 0 radical (unpaired) electrons. The van der Waals surface area contributed by atoms with Gasteiger partial charge in [0.15, 0.2) is 11.5 Å². The zero-order valence-corrected chi connectivity index (χ0v) is 24.9. The number of methoxy groups -OCH3 is 1. The molecule has 4 aromatic carbocycles. The fraction of sp³-hybridized carbons (Fsp3) is 0.200. The van der Waals surface area contributed by atoms with Gasteiger partial charge in [-0.2, -0.15) is 5.10 Å². The summed E-state index contributed by atoms with van der Waals surface area (Å²) in [6.45, 7) is 4.82. The zero-order valence-electron chi connectivity index (χ0n) is 24.9. The number of amides is 3. The van der Waals surface area contributed by atoms with E-state index in [0.29, 0.717) is 52.7 Å². The van der Waals surface area contributed by atoms with Crippen molar-refractivity contribution in [2.45, 2.75) is 26.7 Å². The summed E-state index contributed by atoms with van der Waals surface area (Å²) in [5, 5.41) is 11.8. The fourth-order valence-electron chi connectivity index (χ4n) is 4.89. The van der Waals surface area contributed by atoms with E-state index in [2.05, 4.69) is 15.7 Å². The Kier molecular flexibility index (Phi) is 9.34. The van der Waals surface area contributed by atoms with E-state index >= 15 is 0 Å². The lowest BCUT2D eigenvalue weighted by atomic mass is 10.0. The van der Waals surface area contributed by atoms with Crippen molar-refractivity contribution in [3.05, 3.63) is 119 Å². The van der Waals surface area contributed by atoms with Crippen LogP contribution in [0.25, 0.3) is 0 Å². The first kappa shape index (κ1) is 30.0. The van der Waals surface area contributed by atoms with E-state index in [9.17, 15) is 14.4 Å². The van der Waals surface area contributed by atoms with E-state index in [1.807, 2.05) is 50.2 Å². The van der Waals surface area contributed by atoms with Crippen LogP contribution >= 0.6 is 0 Å². The van der Waals surface area contributed by atoms with E-state index in [1.165, 1.54) is 5.01 Å². The molecule has 224 valence electrons. The second kappa shape index (κ2) is 13.7. The van der Waals surface area contributed by atoms with Crippen LogP contribution in [0.1, 0.15) is 62.0 Å². The Balaban J connectivity index is 1.24. The molecular formula is C35H34N4O5. The van der Waals surface area contributed by atoms with E-state index in [-0.39, 0.29) is 17.7 Å². The molecule has 0 bridgehead atoms. The van der Waals surface area contributed by atoms with Gasteiger partial charge in [0.2, 0.25) is 0 Å². The van der Waals surface area contributed by atoms with Crippen LogP contribution in [-0.2, 0) is 0 Å². The van der Waals surface area contributed by atoms with Crippen LogP contribution in [0.5, 0.6) is 11.5 Å². The van der Waals surface area contributed by atoms with Crippen molar-refractivity contribution in [2.24, 2.45) is 5.10 Å². The lowest BCUT2D eigenvalue weighted by molar-refractivity contribution is 0.0751. The van der Waals surface area contributed by atoms with Crippen molar-refractivity contribution in [3.8, 4) is 11.5 Å². The second-order valence-electron chi connectivity index (χ2n) is 10.3. The summed E-state index contributed by atoms with van der Waals surface area (Å²) in [5.41, 5.74) is 5.09. The van der Waals surface area contributed by atoms with Gasteiger partial charge in [0.05, 0.1) is 19.4 Å². The Hall–Kier alpha value is -5.44. The summed E-state index contributed by atoms with van der Waals surface area (Å²) in [6.07, 6.45) is 1.49. The summed E-state index contributed by atoms with van der Waals surface area (Å²) < 4.78 is 11.1. The molecule has 1 heterocycles. The minimum atomic E-state index is -0.339. The van der Waals surface area contributed by atoms with Crippen molar-refractivity contribution in [3.63, 3.8) is 0 Å². The van der Waals surface area contributed by atoms with E-state index in [0.717, 1.165) is 29.7 Å². The molecule has 0 aliphatic carbocycles. The maximum Gasteiger partial charge on any atom is 0.274 e.